The van der Waals surface area contributed by atoms with E-state index in [9.17, 15) is 20.1 Å². The van der Waals surface area contributed by atoms with Crippen molar-refractivity contribution in [2.24, 2.45) is 10.8 Å². The van der Waals surface area contributed by atoms with Crippen LogP contribution in [0.1, 0.15) is 52.5 Å². The average Bonchev–Trinajstić information content (AvgIpc) is 3.00. The van der Waals surface area contributed by atoms with Gasteiger partial charge in [0, 0.05) is 31.5 Å². The Balaban J connectivity index is 2.65. The molecule has 0 aromatic carbocycles. The number of fused-ring (bicyclic) bond motifs is 1. The van der Waals surface area contributed by atoms with Gasteiger partial charge in [0.15, 0.2) is 5.78 Å². The number of carbonyl (C=O) groups excluding carboxylic acids is 1. The van der Waals surface area contributed by atoms with Crippen LogP contribution in [0.3, 0.4) is 0 Å². The normalized spacial score (nSPS) is 65.4. The van der Waals surface area contributed by atoms with Crippen molar-refractivity contribution in [2.45, 2.75) is 45.1 Å². The van der Waals surface area contributed by atoms with Crippen LogP contribution in [0.2, 0.25) is 0 Å². The summed E-state index contributed by atoms with van der Waals surface area (Å²) in [6.07, 6.45) is -6.71. The highest BCUT2D eigenvalue weighted by molar-refractivity contribution is 6.09. The highest BCUT2D eigenvalue weighted by Gasteiger charge is 2.66. The molecule has 4 heteroatoms. The molecule has 0 amide bonds. The van der Waals surface area contributed by atoms with Crippen molar-refractivity contribution >= 4 is 5.78 Å². The van der Waals surface area contributed by atoms with Gasteiger partial charge in [0.2, 0.25) is 0 Å². The van der Waals surface area contributed by atoms with E-state index >= 15 is 0 Å². The number of aliphatic hydroxyl groups is 3. The summed E-state index contributed by atoms with van der Waals surface area (Å²) in [7, 11) is 0. The number of hydrogen-bond donors (Lipinski definition) is 3. The molecule has 3 aliphatic rings. The first-order valence-electron chi connectivity index (χ1n) is 12.4. The van der Waals surface area contributed by atoms with Crippen LogP contribution in [0.15, 0.2) is 22.8 Å². The van der Waals surface area contributed by atoms with Crippen molar-refractivity contribution in [2.75, 3.05) is 6.56 Å². The smallest absolute Gasteiger partial charge is 0.195 e. The molecular formula is C15H20O4. The van der Waals surface area contributed by atoms with Gasteiger partial charge in [0.05, 0.1) is 16.8 Å². The zero-order valence-corrected chi connectivity index (χ0v) is 9.53. The van der Waals surface area contributed by atoms with Crippen LogP contribution in [-0.4, -0.2) is 39.4 Å². The average molecular weight is 292 g/mol. The summed E-state index contributed by atoms with van der Waals surface area (Å²) in [5.74, 6) is -1.95. The van der Waals surface area contributed by atoms with Gasteiger partial charge in [-0.15, -0.1) is 0 Å². The summed E-state index contributed by atoms with van der Waals surface area (Å²) < 4.78 is 110. The summed E-state index contributed by atoms with van der Waals surface area (Å²) in [6.45, 7) is -15.1. The number of Topliss-reactive ketones (excluding diaryl/α,β-unsaturated/α-hetero) is 1. The molecule has 1 unspecified atom stereocenters. The molecule has 1 spiro atoms. The van der Waals surface area contributed by atoms with Gasteiger partial charge in [-0.05, 0) is 32.1 Å². The maximum Gasteiger partial charge on any atom is 0.195 e. The van der Waals surface area contributed by atoms with Crippen LogP contribution in [0.5, 0.6) is 0 Å². The first-order chi connectivity index (χ1) is 14.3. The van der Waals surface area contributed by atoms with E-state index in [0.717, 1.165) is 0 Å². The van der Waals surface area contributed by atoms with Crippen LogP contribution >= 0.6 is 0 Å². The third-order valence-electron chi connectivity index (χ3n) is 3.85. The molecule has 3 N–H and O–H groups in total. The Morgan fingerprint density at radius 2 is 2.42 bits per heavy atom. The van der Waals surface area contributed by atoms with E-state index in [1.165, 1.54) is 0 Å². The maximum absolute atomic E-state index is 13.4. The molecule has 0 aromatic rings. The lowest BCUT2D eigenvalue weighted by molar-refractivity contribution is -0.138. The van der Waals surface area contributed by atoms with Crippen molar-refractivity contribution in [3.63, 3.8) is 0 Å². The molecule has 0 bridgehead atoms. The Morgan fingerprint density at radius 1 is 1.68 bits per heavy atom. The quantitative estimate of drug-likeness (QED) is 0.665. The lowest BCUT2D eigenvalue weighted by atomic mass is 9.67. The van der Waals surface area contributed by atoms with Crippen molar-refractivity contribution in [3.05, 3.63) is 22.8 Å². The standard InChI is InChI=1S/C15H20O4/c1-8-10-9(6-13(2,7-16)12(10)18)11(17)14(3,19)15(8)4-5-15/h6,12,16,18-19H,4-5,7H2,1-3H3/t12-,13+,14+/m1/s1/i1T3,2T3,3T3,4T2,6T,7T2/t12-,13+,14+,15?. The minimum absolute atomic E-state index is 1.00. The third-order valence-corrected chi connectivity index (χ3v) is 3.85. The summed E-state index contributed by atoms with van der Waals surface area (Å²) in [5, 5.41) is 32.4. The second-order valence-corrected chi connectivity index (χ2v) is 4.91. The SMILES string of the molecule is [3H]C1=C2C(=O)[C@@](O)(C([3H])([3H])[3H])C3(CC3([3H])[3H])C(C([3H])([3H])[3H])=C2[C@@H](O)[C@]1(C([3H])([3H])[3H])C([3H])([3H])O. The Hall–Kier alpha value is -0.970. The molecule has 0 aromatic heterocycles. The first kappa shape index (κ1) is 4.52. The molecule has 0 aliphatic heterocycles. The molecule has 104 valence electrons. The minimum Gasteiger partial charge on any atom is -0.395 e. The van der Waals surface area contributed by atoms with Crippen LogP contribution in [0.4, 0.5) is 0 Å². The fourth-order valence-electron chi connectivity index (χ4n) is 2.52. The molecule has 3 aliphatic carbocycles. The van der Waals surface area contributed by atoms with Gasteiger partial charge < -0.3 is 15.3 Å². The van der Waals surface area contributed by atoms with Crippen LogP contribution in [-0.2, 0) is 4.79 Å². The van der Waals surface area contributed by atoms with Crippen LogP contribution in [0.25, 0.3) is 0 Å². The van der Waals surface area contributed by atoms with E-state index in [0.29, 0.717) is 0 Å². The van der Waals surface area contributed by atoms with E-state index in [1.807, 2.05) is 0 Å². The second kappa shape index (κ2) is 3.37. The van der Waals surface area contributed by atoms with E-state index in [4.69, 9.17) is 19.2 Å². The zero-order valence-electron chi connectivity index (χ0n) is 23.5. The van der Waals surface area contributed by atoms with Gasteiger partial charge in [-0.3, -0.25) is 4.79 Å². The fraction of sp³-hybridized carbons (Fsp3) is 0.667. The Kier molecular flexibility index (Phi) is 0.801. The number of aliphatic hydroxyl groups excluding tert-OH is 1. The van der Waals surface area contributed by atoms with Gasteiger partial charge >= 0.3 is 0 Å². The van der Waals surface area contributed by atoms with Gasteiger partial charge in [-0.25, -0.2) is 0 Å². The zero-order chi connectivity index (χ0) is 26.2. The number of ketones is 1. The topological polar surface area (TPSA) is 77.8 Å². The van der Waals surface area contributed by atoms with Crippen molar-refractivity contribution in [1.82, 2.24) is 0 Å². The molecule has 4 atom stereocenters. The summed E-state index contributed by atoms with van der Waals surface area (Å²) in [5.41, 5.74) is -14.2. The largest absolute Gasteiger partial charge is 0.395 e. The maximum atomic E-state index is 13.4. The Labute approximate surface area is 132 Å². The van der Waals surface area contributed by atoms with Gasteiger partial charge in [0.1, 0.15) is 5.60 Å². The predicted molar refractivity (Wildman–Crippen MR) is 69.3 cm³/mol. The third kappa shape index (κ3) is 1.27. The Bertz CT molecular complexity index is 980. The molecule has 19 heavy (non-hydrogen) atoms. The van der Waals surface area contributed by atoms with Crippen molar-refractivity contribution < 1.29 is 39.3 Å². The monoisotopic (exact) mass is 292 g/mol. The van der Waals surface area contributed by atoms with Crippen LogP contribution < -0.4 is 0 Å². The van der Waals surface area contributed by atoms with Gasteiger partial charge in [0.25, 0.3) is 0 Å². The first-order valence-corrected chi connectivity index (χ1v) is 5.44. The van der Waals surface area contributed by atoms with E-state index in [-0.39, 0.29) is 0 Å². The van der Waals surface area contributed by atoms with Gasteiger partial charge in [-0.2, -0.15) is 0 Å². The fourth-order valence-corrected chi connectivity index (χ4v) is 2.52. The summed E-state index contributed by atoms with van der Waals surface area (Å²) in [4.78, 5) is 13.4. The van der Waals surface area contributed by atoms with Gasteiger partial charge in [-0.1, -0.05) is 18.5 Å². The van der Waals surface area contributed by atoms with Crippen LogP contribution in [0, 0.1) is 10.8 Å². The predicted octanol–water partition coefficient (Wildman–Crippen LogP) is 0.716. The molecule has 4 nitrogen and oxygen atoms in total. The van der Waals surface area contributed by atoms with E-state index < -0.39 is 91.0 Å². The molecule has 1 fully saturated rings. The van der Waals surface area contributed by atoms with E-state index in [2.05, 4.69) is 0 Å². The highest BCUT2D eigenvalue weighted by Crippen LogP contribution is 2.65. The number of carbonyl (C=O) groups is 1. The summed E-state index contributed by atoms with van der Waals surface area (Å²) >= 11 is 0. The molecule has 0 heterocycles. The lowest BCUT2D eigenvalue weighted by Crippen LogP contribution is -2.50. The van der Waals surface area contributed by atoms with Crippen molar-refractivity contribution in [1.29, 1.82) is 0 Å². The molecule has 0 radical (unpaired) electrons. The second-order valence-electron chi connectivity index (χ2n) is 4.91. The van der Waals surface area contributed by atoms with E-state index in [1.54, 1.807) is 0 Å². The highest BCUT2D eigenvalue weighted by atomic mass is 16.3. The summed E-state index contributed by atoms with van der Waals surface area (Å²) in [6, 6.07) is -1.62. The molecule has 3 rings (SSSR count). The number of rotatable bonds is 1. The molecule has 0 saturated heterocycles. The van der Waals surface area contributed by atoms with Crippen molar-refractivity contribution in [3.8, 4) is 0 Å². The minimum atomic E-state index is -3.97. The number of hydrogen-bond acceptors (Lipinski definition) is 4. The molecule has 1 saturated carbocycles. The Morgan fingerprint density at radius 3 is 2.89 bits per heavy atom. The molecular weight excluding hydrogens is 244 g/mol. The lowest BCUT2D eigenvalue weighted by Gasteiger charge is -2.39.